The maximum atomic E-state index is 14.9. The average molecular weight is 592 g/mol. The summed E-state index contributed by atoms with van der Waals surface area (Å²) in [4.78, 5) is 39.7. The number of alkyl halides is 4. The van der Waals surface area contributed by atoms with Crippen molar-refractivity contribution in [1.29, 1.82) is 0 Å². The number of nitrogens with one attached hydrogen (secondary N) is 2. The molecule has 3 atom stereocenters. The summed E-state index contributed by atoms with van der Waals surface area (Å²) >= 11 is 0. The summed E-state index contributed by atoms with van der Waals surface area (Å²) in [5.74, 6) is -1.16. The molecule has 1 spiro atoms. The fraction of sp³-hybridized carbons (Fsp3) is 0.500. The van der Waals surface area contributed by atoms with Gasteiger partial charge in [-0.1, -0.05) is 24.3 Å². The molecule has 0 radical (unpaired) electrons. The van der Waals surface area contributed by atoms with Gasteiger partial charge in [0.05, 0.1) is 6.04 Å². The number of carbonyl (C=O) groups is 3. The maximum Gasteiger partial charge on any atom is 0.426 e. The number of amides is 4. The molecule has 4 amide bonds. The third-order valence-corrected chi connectivity index (χ3v) is 9.72. The first-order valence-corrected chi connectivity index (χ1v) is 14.0. The summed E-state index contributed by atoms with van der Waals surface area (Å²) in [7, 11) is 0. The average Bonchev–Trinajstić information content (AvgIpc) is 3.45. The molecular weight excluding hydrogens is 561 g/mol. The highest BCUT2D eigenvalue weighted by atomic mass is 19.4. The largest absolute Gasteiger partial charge is 0.491 e. The minimum Gasteiger partial charge on any atom is -0.491 e. The molecule has 3 aliphatic heterocycles. The molecule has 2 N–H and O–H groups in total. The molecule has 224 valence electrons. The molecule has 3 unspecified atom stereocenters. The van der Waals surface area contributed by atoms with E-state index in [1.54, 1.807) is 17.0 Å². The van der Waals surface area contributed by atoms with Crippen molar-refractivity contribution in [2.75, 3.05) is 13.2 Å². The van der Waals surface area contributed by atoms with E-state index in [1.807, 2.05) is 0 Å². The van der Waals surface area contributed by atoms with Gasteiger partial charge in [0.15, 0.2) is 0 Å². The third-order valence-electron chi connectivity index (χ3n) is 9.72. The van der Waals surface area contributed by atoms with Crippen LogP contribution in [0.3, 0.4) is 0 Å². The van der Waals surface area contributed by atoms with Crippen LogP contribution in [0.15, 0.2) is 42.5 Å². The summed E-state index contributed by atoms with van der Waals surface area (Å²) in [6, 6.07) is 8.60. The van der Waals surface area contributed by atoms with Gasteiger partial charge < -0.3 is 15.0 Å². The smallest absolute Gasteiger partial charge is 0.426 e. The van der Waals surface area contributed by atoms with Crippen molar-refractivity contribution in [2.24, 2.45) is 5.92 Å². The molecule has 2 saturated heterocycles. The van der Waals surface area contributed by atoms with E-state index >= 15 is 0 Å². The molecule has 7 nitrogen and oxygen atoms in total. The van der Waals surface area contributed by atoms with Gasteiger partial charge in [-0.05, 0) is 69.2 Å². The van der Waals surface area contributed by atoms with Crippen LogP contribution < -0.4 is 15.4 Å². The highest BCUT2D eigenvalue weighted by Crippen LogP contribution is 2.52. The standard InChI is InChI=1S/C30H30F5N3O4/c1-27(32,30(33,34)35)19-4-7-21-22(14-19)42-16-23-28(21,15-17-2-5-20(31)6-3-17)12-13-38(23)24(39)18-8-10-29(11-9-18)25(40)36-26(41)37-29/h2-7,14,18,23H,8-13,15-16H2,1H3,(H2,36,37,40,41). The number of ether oxygens (including phenoxy) is 1. The van der Waals surface area contributed by atoms with Gasteiger partial charge in [-0.3, -0.25) is 14.9 Å². The molecular formula is C30H30F5N3O4. The lowest BCUT2D eigenvalue weighted by Gasteiger charge is -2.44. The van der Waals surface area contributed by atoms with Crippen LogP contribution >= 0.6 is 0 Å². The Morgan fingerprint density at radius 2 is 1.74 bits per heavy atom. The molecule has 42 heavy (non-hydrogen) atoms. The molecule has 2 aromatic rings. The SMILES string of the molecule is CC(F)(c1ccc2c(c1)OCC1N(C(=O)C3CCC4(CC3)NC(=O)NC4=O)CCC21Cc1ccc(F)cc1)C(F)(F)F. The number of benzene rings is 2. The van der Waals surface area contributed by atoms with Crippen LogP contribution in [0, 0.1) is 11.7 Å². The number of hydrogen-bond donors (Lipinski definition) is 2. The zero-order chi connectivity index (χ0) is 30.1. The Hall–Kier alpha value is -3.70. The van der Waals surface area contributed by atoms with Crippen molar-refractivity contribution in [1.82, 2.24) is 15.5 Å². The number of hydrogen-bond acceptors (Lipinski definition) is 4. The fourth-order valence-electron chi connectivity index (χ4n) is 7.19. The maximum absolute atomic E-state index is 14.9. The highest BCUT2D eigenvalue weighted by Gasteiger charge is 2.57. The van der Waals surface area contributed by atoms with E-state index in [4.69, 9.17) is 4.74 Å². The Balaban J connectivity index is 1.31. The lowest BCUT2D eigenvalue weighted by atomic mass is 9.68. The first-order valence-electron chi connectivity index (χ1n) is 14.0. The molecule has 12 heteroatoms. The monoisotopic (exact) mass is 591 g/mol. The van der Waals surface area contributed by atoms with Crippen molar-refractivity contribution in [3.8, 4) is 5.75 Å². The van der Waals surface area contributed by atoms with Crippen molar-refractivity contribution in [3.63, 3.8) is 0 Å². The minimum absolute atomic E-state index is 0.00642. The van der Waals surface area contributed by atoms with Crippen LogP contribution in [0.2, 0.25) is 0 Å². The van der Waals surface area contributed by atoms with E-state index in [0.29, 0.717) is 57.6 Å². The van der Waals surface area contributed by atoms with Crippen LogP contribution in [0.1, 0.15) is 55.7 Å². The zero-order valence-electron chi connectivity index (χ0n) is 22.8. The highest BCUT2D eigenvalue weighted by molar-refractivity contribution is 6.07. The van der Waals surface area contributed by atoms with Crippen molar-refractivity contribution < 1.29 is 41.1 Å². The number of likely N-dealkylation sites (tertiary alicyclic amines) is 1. The second-order valence-corrected chi connectivity index (χ2v) is 12.0. The van der Waals surface area contributed by atoms with Crippen LogP contribution in [-0.4, -0.2) is 53.7 Å². The van der Waals surface area contributed by atoms with Crippen LogP contribution in [-0.2, 0) is 27.1 Å². The topological polar surface area (TPSA) is 87.7 Å². The van der Waals surface area contributed by atoms with E-state index in [9.17, 15) is 36.3 Å². The Morgan fingerprint density at radius 1 is 1.05 bits per heavy atom. The molecule has 2 aromatic carbocycles. The van der Waals surface area contributed by atoms with E-state index in [1.165, 1.54) is 18.2 Å². The predicted octanol–water partition coefficient (Wildman–Crippen LogP) is 4.81. The summed E-state index contributed by atoms with van der Waals surface area (Å²) < 4.78 is 75.0. The second kappa shape index (κ2) is 9.67. The van der Waals surface area contributed by atoms with Crippen LogP contribution in [0.25, 0.3) is 0 Å². The number of fused-ring (bicyclic) bond motifs is 3. The number of rotatable bonds is 4. The molecule has 1 saturated carbocycles. The van der Waals surface area contributed by atoms with E-state index in [-0.39, 0.29) is 30.1 Å². The predicted molar refractivity (Wildman–Crippen MR) is 140 cm³/mol. The fourth-order valence-corrected chi connectivity index (χ4v) is 7.19. The van der Waals surface area contributed by atoms with Gasteiger partial charge >= 0.3 is 12.2 Å². The lowest BCUT2D eigenvalue weighted by Crippen LogP contribution is -2.55. The molecule has 1 aliphatic carbocycles. The summed E-state index contributed by atoms with van der Waals surface area (Å²) in [6.45, 7) is 0.824. The Bertz CT molecular complexity index is 1440. The molecule has 3 heterocycles. The Labute approximate surface area is 238 Å². The third kappa shape index (κ3) is 4.41. The molecule has 6 rings (SSSR count). The van der Waals surface area contributed by atoms with E-state index < -0.39 is 46.3 Å². The molecule has 0 aromatic heterocycles. The quantitative estimate of drug-likeness (QED) is 0.395. The van der Waals surface area contributed by atoms with Crippen molar-refractivity contribution in [3.05, 3.63) is 65.0 Å². The van der Waals surface area contributed by atoms with Crippen LogP contribution in [0.5, 0.6) is 5.75 Å². The zero-order valence-corrected chi connectivity index (χ0v) is 22.8. The van der Waals surface area contributed by atoms with Gasteiger partial charge in [0.1, 0.15) is 23.7 Å². The van der Waals surface area contributed by atoms with E-state index in [2.05, 4.69) is 10.6 Å². The number of halogens is 5. The van der Waals surface area contributed by atoms with Gasteiger partial charge in [0.25, 0.3) is 5.91 Å². The molecule has 3 fully saturated rings. The minimum atomic E-state index is -5.12. The molecule has 0 bridgehead atoms. The van der Waals surface area contributed by atoms with Gasteiger partial charge in [-0.15, -0.1) is 0 Å². The van der Waals surface area contributed by atoms with Crippen molar-refractivity contribution >= 4 is 17.8 Å². The van der Waals surface area contributed by atoms with Gasteiger partial charge in [0.2, 0.25) is 11.6 Å². The first-order chi connectivity index (χ1) is 19.8. The lowest BCUT2D eigenvalue weighted by molar-refractivity contribution is -0.228. The number of nitrogens with zero attached hydrogens (tertiary/aromatic N) is 1. The van der Waals surface area contributed by atoms with Gasteiger partial charge in [0, 0.05) is 29.0 Å². The summed E-state index contributed by atoms with van der Waals surface area (Å²) in [5.41, 5.74) is -4.57. The van der Waals surface area contributed by atoms with Gasteiger partial charge in [-0.25, -0.2) is 13.6 Å². The Morgan fingerprint density at radius 3 is 2.36 bits per heavy atom. The first kappa shape index (κ1) is 28.4. The number of carbonyl (C=O) groups excluding carboxylic acids is 3. The Kier molecular flexibility index (Phi) is 6.54. The van der Waals surface area contributed by atoms with Gasteiger partial charge in [-0.2, -0.15) is 13.2 Å². The number of urea groups is 1. The summed E-state index contributed by atoms with van der Waals surface area (Å²) in [5, 5.41) is 4.96. The summed E-state index contributed by atoms with van der Waals surface area (Å²) in [6.07, 6.45) is -2.85. The second-order valence-electron chi connectivity index (χ2n) is 12.0. The normalized spacial score (nSPS) is 30.2. The van der Waals surface area contributed by atoms with Crippen LogP contribution in [0.4, 0.5) is 26.7 Å². The molecule has 4 aliphatic rings. The number of imide groups is 1. The van der Waals surface area contributed by atoms with Crippen molar-refractivity contribution in [2.45, 2.75) is 74.3 Å². The van der Waals surface area contributed by atoms with E-state index in [0.717, 1.165) is 17.7 Å².